The predicted molar refractivity (Wildman–Crippen MR) is 70.1 cm³/mol. The van der Waals surface area contributed by atoms with Gasteiger partial charge in [0.1, 0.15) is 6.54 Å². The molecule has 18 heavy (non-hydrogen) atoms. The third-order valence-electron chi connectivity index (χ3n) is 2.01. The van der Waals surface area contributed by atoms with Gasteiger partial charge in [0, 0.05) is 11.1 Å². The molecular weight excluding hydrogens is 254 g/mol. The van der Waals surface area contributed by atoms with Crippen molar-refractivity contribution in [1.29, 1.82) is 0 Å². The van der Waals surface area contributed by atoms with E-state index in [1.165, 1.54) is 6.08 Å². The first-order valence-electron chi connectivity index (χ1n) is 5.49. The number of halogens is 1. The number of amides is 1. The highest BCUT2D eigenvalue weighted by Crippen LogP contribution is 2.10. The standard InChI is InChI=1S/C13H14ClNO3/c1-2-18-13(17)9-15-12(16)8-5-10-3-6-11(14)7-4-10/h3-8H,2,9H2,1H3,(H,15,16)/b8-5+. The minimum atomic E-state index is -0.453. The highest BCUT2D eigenvalue weighted by atomic mass is 35.5. The van der Waals surface area contributed by atoms with Gasteiger partial charge in [0.25, 0.3) is 0 Å². The van der Waals surface area contributed by atoms with E-state index < -0.39 is 5.97 Å². The lowest BCUT2D eigenvalue weighted by molar-refractivity contribution is -0.143. The van der Waals surface area contributed by atoms with Gasteiger partial charge in [-0.3, -0.25) is 9.59 Å². The van der Waals surface area contributed by atoms with Crippen molar-refractivity contribution in [2.45, 2.75) is 6.92 Å². The van der Waals surface area contributed by atoms with Crippen molar-refractivity contribution in [1.82, 2.24) is 5.32 Å². The number of esters is 1. The van der Waals surface area contributed by atoms with Crippen molar-refractivity contribution in [2.75, 3.05) is 13.2 Å². The second-order valence-electron chi connectivity index (χ2n) is 3.41. The van der Waals surface area contributed by atoms with E-state index in [2.05, 4.69) is 10.1 Å². The van der Waals surface area contributed by atoms with Crippen molar-refractivity contribution in [3.8, 4) is 0 Å². The third kappa shape index (κ3) is 5.50. The maximum Gasteiger partial charge on any atom is 0.325 e. The zero-order valence-corrected chi connectivity index (χ0v) is 10.7. The Morgan fingerprint density at radius 3 is 2.61 bits per heavy atom. The van der Waals surface area contributed by atoms with Crippen LogP contribution in [-0.4, -0.2) is 25.0 Å². The molecule has 0 aliphatic carbocycles. The van der Waals surface area contributed by atoms with Gasteiger partial charge >= 0.3 is 5.97 Å². The van der Waals surface area contributed by atoms with E-state index in [4.69, 9.17) is 11.6 Å². The minimum absolute atomic E-state index is 0.127. The Balaban J connectivity index is 2.40. The van der Waals surface area contributed by atoms with Gasteiger partial charge in [0.2, 0.25) is 5.91 Å². The van der Waals surface area contributed by atoms with E-state index in [0.29, 0.717) is 11.6 Å². The summed E-state index contributed by atoms with van der Waals surface area (Å²) >= 11 is 5.73. The molecule has 1 N–H and O–H groups in total. The average Bonchev–Trinajstić information content (AvgIpc) is 2.36. The second-order valence-corrected chi connectivity index (χ2v) is 3.84. The van der Waals surface area contributed by atoms with E-state index in [-0.39, 0.29) is 12.5 Å². The molecule has 0 saturated carbocycles. The van der Waals surface area contributed by atoms with E-state index in [1.807, 2.05) is 0 Å². The van der Waals surface area contributed by atoms with Crippen LogP contribution in [-0.2, 0) is 14.3 Å². The van der Waals surface area contributed by atoms with Crippen LogP contribution in [0.3, 0.4) is 0 Å². The Morgan fingerprint density at radius 1 is 1.33 bits per heavy atom. The molecule has 0 aliphatic heterocycles. The molecule has 0 spiro atoms. The summed E-state index contributed by atoms with van der Waals surface area (Å²) in [5, 5.41) is 3.06. The SMILES string of the molecule is CCOC(=O)CNC(=O)/C=C/c1ccc(Cl)cc1. The molecule has 0 radical (unpaired) electrons. The molecule has 0 heterocycles. The summed E-state index contributed by atoms with van der Waals surface area (Å²) < 4.78 is 4.68. The fourth-order valence-corrected chi connectivity index (χ4v) is 1.30. The number of hydrogen-bond donors (Lipinski definition) is 1. The molecule has 1 aromatic carbocycles. The molecule has 1 amide bonds. The fraction of sp³-hybridized carbons (Fsp3) is 0.231. The number of ether oxygens (including phenoxy) is 1. The van der Waals surface area contributed by atoms with Crippen LogP contribution in [0.2, 0.25) is 5.02 Å². The van der Waals surface area contributed by atoms with Crippen LogP contribution in [0, 0.1) is 0 Å². The fourth-order valence-electron chi connectivity index (χ4n) is 1.18. The summed E-state index contributed by atoms with van der Waals surface area (Å²) in [4.78, 5) is 22.3. The van der Waals surface area contributed by atoms with Crippen molar-refractivity contribution in [3.63, 3.8) is 0 Å². The zero-order valence-electron chi connectivity index (χ0n) is 9.98. The van der Waals surface area contributed by atoms with Gasteiger partial charge in [-0.05, 0) is 30.7 Å². The van der Waals surface area contributed by atoms with Gasteiger partial charge in [-0.2, -0.15) is 0 Å². The first-order valence-corrected chi connectivity index (χ1v) is 5.86. The van der Waals surface area contributed by atoms with Crippen molar-refractivity contribution >= 4 is 29.6 Å². The van der Waals surface area contributed by atoms with Crippen molar-refractivity contribution in [2.24, 2.45) is 0 Å². The summed E-state index contributed by atoms with van der Waals surface area (Å²) in [5.74, 6) is -0.802. The normalized spacial score (nSPS) is 10.3. The number of benzene rings is 1. The first-order chi connectivity index (χ1) is 8.61. The molecule has 0 atom stereocenters. The van der Waals surface area contributed by atoms with Gasteiger partial charge in [0.15, 0.2) is 0 Å². The molecule has 0 bridgehead atoms. The van der Waals surface area contributed by atoms with Crippen LogP contribution >= 0.6 is 11.6 Å². The van der Waals surface area contributed by atoms with Crippen LogP contribution in [0.15, 0.2) is 30.3 Å². The molecule has 0 saturated heterocycles. The molecule has 1 aromatic rings. The van der Waals surface area contributed by atoms with Crippen LogP contribution < -0.4 is 5.32 Å². The first kappa shape index (κ1) is 14.3. The Hall–Kier alpha value is -1.81. The molecule has 4 nitrogen and oxygen atoms in total. The summed E-state index contributed by atoms with van der Waals surface area (Å²) in [6.07, 6.45) is 2.99. The van der Waals surface area contributed by atoms with Gasteiger partial charge < -0.3 is 10.1 Å². The number of carbonyl (C=O) groups excluding carboxylic acids is 2. The van der Waals surface area contributed by atoms with E-state index in [0.717, 1.165) is 5.56 Å². The number of hydrogen-bond acceptors (Lipinski definition) is 3. The highest BCUT2D eigenvalue weighted by Gasteiger charge is 2.02. The monoisotopic (exact) mass is 267 g/mol. The molecule has 0 fully saturated rings. The lowest BCUT2D eigenvalue weighted by Crippen LogP contribution is -2.29. The smallest absolute Gasteiger partial charge is 0.325 e. The maximum absolute atomic E-state index is 11.4. The van der Waals surface area contributed by atoms with Crippen molar-refractivity contribution in [3.05, 3.63) is 40.9 Å². The largest absolute Gasteiger partial charge is 0.465 e. The Labute approximate surface area is 111 Å². The molecule has 96 valence electrons. The Morgan fingerprint density at radius 2 is 2.00 bits per heavy atom. The summed E-state index contributed by atoms with van der Waals surface area (Å²) in [6.45, 7) is 1.88. The predicted octanol–water partition coefficient (Wildman–Crippen LogP) is 2.03. The molecule has 0 aromatic heterocycles. The van der Waals surface area contributed by atoms with E-state index >= 15 is 0 Å². The number of nitrogens with one attached hydrogen (secondary N) is 1. The lowest BCUT2D eigenvalue weighted by atomic mass is 10.2. The Bertz CT molecular complexity index is 440. The van der Waals surface area contributed by atoms with Crippen molar-refractivity contribution < 1.29 is 14.3 Å². The number of rotatable bonds is 5. The lowest BCUT2D eigenvalue weighted by Gasteiger charge is -2.01. The van der Waals surface area contributed by atoms with E-state index in [9.17, 15) is 9.59 Å². The minimum Gasteiger partial charge on any atom is -0.465 e. The molecule has 1 rings (SSSR count). The summed E-state index contributed by atoms with van der Waals surface area (Å²) in [5.41, 5.74) is 0.852. The van der Waals surface area contributed by atoms with Gasteiger partial charge in [0.05, 0.1) is 6.61 Å². The van der Waals surface area contributed by atoms with E-state index in [1.54, 1.807) is 37.3 Å². The quantitative estimate of drug-likeness (QED) is 0.656. The molecular formula is C13H14ClNO3. The maximum atomic E-state index is 11.4. The molecule has 0 aliphatic rings. The number of carbonyl (C=O) groups is 2. The van der Waals surface area contributed by atoms with Gasteiger partial charge in [-0.1, -0.05) is 23.7 Å². The Kier molecular flexibility index (Phi) is 5.94. The van der Waals surface area contributed by atoms with Crippen LogP contribution in [0.4, 0.5) is 0 Å². The van der Waals surface area contributed by atoms with Crippen LogP contribution in [0.5, 0.6) is 0 Å². The van der Waals surface area contributed by atoms with Gasteiger partial charge in [-0.15, -0.1) is 0 Å². The van der Waals surface area contributed by atoms with Crippen LogP contribution in [0.25, 0.3) is 6.08 Å². The molecule has 5 heteroatoms. The summed E-state index contributed by atoms with van der Waals surface area (Å²) in [7, 11) is 0. The third-order valence-corrected chi connectivity index (χ3v) is 2.26. The second kappa shape index (κ2) is 7.50. The molecule has 0 unspecified atom stereocenters. The average molecular weight is 268 g/mol. The zero-order chi connectivity index (χ0) is 13.4. The topological polar surface area (TPSA) is 55.4 Å². The van der Waals surface area contributed by atoms with Gasteiger partial charge in [-0.25, -0.2) is 0 Å². The highest BCUT2D eigenvalue weighted by molar-refractivity contribution is 6.30. The summed E-state index contributed by atoms with van der Waals surface area (Å²) in [6, 6.07) is 7.05. The van der Waals surface area contributed by atoms with Crippen LogP contribution in [0.1, 0.15) is 12.5 Å².